The van der Waals surface area contributed by atoms with Gasteiger partial charge in [-0.1, -0.05) is 18.2 Å². The number of benzene rings is 1. The van der Waals surface area contributed by atoms with E-state index in [9.17, 15) is 0 Å². The average molecular weight is 173 g/mol. The highest BCUT2D eigenvalue weighted by molar-refractivity contribution is 7.02. The molecule has 0 bridgehead atoms. The molecule has 0 aliphatic rings. The molecule has 1 aromatic carbocycles. The van der Waals surface area contributed by atoms with Crippen LogP contribution in [0.25, 0.3) is 0 Å². The van der Waals surface area contributed by atoms with Crippen LogP contribution in [0.3, 0.4) is 0 Å². The van der Waals surface area contributed by atoms with Crippen LogP contribution < -0.4 is 4.43 Å². The van der Waals surface area contributed by atoms with Gasteiger partial charge in [0.25, 0.3) is 0 Å². The van der Waals surface area contributed by atoms with Crippen molar-refractivity contribution in [1.29, 1.82) is 0 Å². The summed E-state index contributed by atoms with van der Waals surface area (Å²) in [6, 6.07) is 9.64. The Hall–Kier alpha value is -0.473. The van der Waals surface area contributed by atoms with Crippen molar-refractivity contribution >= 4 is 19.4 Å². The predicted octanol–water partition coefficient (Wildman–Crippen LogP) is 2.15. The van der Waals surface area contributed by atoms with Crippen LogP contribution in [0.15, 0.2) is 30.3 Å². The molecule has 54 valence electrons. The largest absolute Gasteiger partial charge is 0.532 e. The van der Waals surface area contributed by atoms with Crippen LogP contribution in [0.5, 0.6) is 5.75 Å². The minimum absolute atomic E-state index is 0.872. The first-order valence-electron chi connectivity index (χ1n) is 3.15. The summed E-state index contributed by atoms with van der Waals surface area (Å²) >= 11 is 5.73. The molecule has 0 spiro atoms. The summed E-state index contributed by atoms with van der Waals surface area (Å²) in [6.45, 7) is 1.93. The zero-order valence-electron chi connectivity index (χ0n) is 5.75. The summed E-state index contributed by atoms with van der Waals surface area (Å²) in [6.07, 6.45) is 0. The summed E-state index contributed by atoms with van der Waals surface area (Å²) < 4.78 is 5.32. The summed E-state index contributed by atoms with van der Waals surface area (Å²) in [5.41, 5.74) is 0. The summed E-state index contributed by atoms with van der Waals surface area (Å²) in [5.74, 6) is 0.872. The molecule has 0 saturated carbocycles. The second-order valence-corrected chi connectivity index (χ2v) is 5.14. The second-order valence-electron chi connectivity index (χ2n) is 1.97. The van der Waals surface area contributed by atoms with Crippen LogP contribution in [0.2, 0.25) is 6.55 Å². The van der Waals surface area contributed by atoms with E-state index in [2.05, 4.69) is 0 Å². The van der Waals surface area contributed by atoms with Crippen molar-refractivity contribution in [2.24, 2.45) is 0 Å². The summed E-state index contributed by atoms with van der Waals surface area (Å²) in [7, 11) is -1.42. The first-order valence-corrected chi connectivity index (χ1v) is 6.52. The van der Waals surface area contributed by atoms with Crippen molar-refractivity contribution in [3.05, 3.63) is 30.3 Å². The van der Waals surface area contributed by atoms with E-state index in [1.807, 2.05) is 36.9 Å². The smallest absolute Gasteiger partial charge is 0.328 e. The van der Waals surface area contributed by atoms with Crippen LogP contribution in [0.1, 0.15) is 0 Å². The van der Waals surface area contributed by atoms with E-state index in [1.165, 1.54) is 0 Å². The monoisotopic (exact) mass is 172 g/mol. The van der Waals surface area contributed by atoms with Crippen LogP contribution >= 0.6 is 11.1 Å². The third kappa shape index (κ3) is 2.41. The van der Waals surface area contributed by atoms with E-state index >= 15 is 0 Å². The SMILES string of the molecule is C[SiH](Cl)Oc1ccccc1. The van der Waals surface area contributed by atoms with Crippen LogP contribution in [0, 0.1) is 0 Å². The Labute approximate surface area is 67.0 Å². The molecule has 1 atom stereocenters. The Balaban J connectivity index is 2.59. The van der Waals surface area contributed by atoms with Crippen molar-refractivity contribution in [3.63, 3.8) is 0 Å². The molecule has 0 aliphatic carbocycles. The van der Waals surface area contributed by atoms with Gasteiger partial charge in [0.15, 0.2) is 0 Å². The minimum Gasteiger partial charge on any atom is -0.532 e. The molecule has 0 saturated heterocycles. The first kappa shape index (κ1) is 7.63. The first-order chi connectivity index (χ1) is 4.79. The van der Waals surface area contributed by atoms with Crippen molar-refractivity contribution in [2.45, 2.75) is 6.55 Å². The van der Waals surface area contributed by atoms with Gasteiger partial charge < -0.3 is 4.43 Å². The quantitative estimate of drug-likeness (QED) is 0.491. The van der Waals surface area contributed by atoms with Crippen LogP contribution in [0.4, 0.5) is 0 Å². The fourth-order valence-corrected chi connectivity index (χ4v) is 1.53. The van der Waals surface area contributed by atoms with Crippen molar-refractivity contribution in [2.75, 3.05) is 0 Å². The maximum atomic E-state index is 5.73. The number of hydrogen-bond donors (Lipinski definition) is 0. The average Bonchev–Trinajstić information content (AvgIpc) is 1.88. The number of rotatable bonds is 2. The lowest BCUT2D eigenvalue weighted by Gasteiger charge is -2.05. The molecule has 0 heterocycles. The summed E-state index contributed by atoms with van der Waals surface area (Å²) in [5, 5.41) is 0. The number of halogens is 1. The third-order valence-corrected chi connectivity index (χ3v) is 1.91. The second kappa shape index (κ2) is 3.64. The van der Waals surface area contributed by atoms with Gasteiger partial charge in [0.1, 0.15) is 5.75 Å². The van der Waals surface area contributed by atoms with Crippen molar-refractivity contribution < 1.29 is 4.43 Å². The minimum atomic E-state index is -1.42. The molecule has 3 heteroatoms. The highest BCUT2D eigenvalue weighted by Gasteiger charge is 1.98. The van der Waals surface area contributed by atoms with E-state index in [0.717, 1.165) is 5.75 Å². The fourth-order valence-electron chi connectivity index (χ4n) is 0.687. The Morgan fingerprint density at radius 1 is 1.30 bits per heavy atom. The normalized spacial score (nSPS) is 12.6. The lowest BCUT2D eigenvalue weighted by Crippen LogP contribution is -2.07. The Morgan fingerprint density at radius 3 is 2.40 bits per heavy atom. The van der Waals surface area contributed by atoms with E-state index < -0.39 is 8.35 Å². The molecule has 0 N–H and O–H groups in total. The Bertz CT molecular complexity index is 188. The third-order valence-electron chi connectivity index (χ3n) is 1.04. The maximum absolute atomic E-state index is 5.73. The Morgan fingerprint density at radius 2 is 1.90 bits per heavy atom. The predicted molar refractivity (Wildman–Crippen MR) is 45.9 cm³/mol. The number of hydrogen-bond acceptors (Lipinski definition) is 1. The maximum Gasteiger partial charge on any atom is 0.328 e. The van der Waals surface area contributed by atoms with Gasteiger partial charge >= 0.3 is 8.35 Å². The molecule has 1 rings (SSSR count). The molecule has 0 aliphatic heterocycles. The van der Waals surface area contributed by atoms with Crippen LogP contribution in [-0.2, 0) is 0 Å². The molecule has 0 aromatic heterocycles. The molecule has 0 amide bonds. The van der Waals surface area contributed by atoms with Gasteiger partial charge in [-0.15, -0.1) is 11.1 Å². The lowest BCUT2D eigenvalue weighted by molar-refractivity contribution is 0.593. The topological polar surface area (TPSA) is 9.23 Å². The fraction of sp³-hybridized carbons (Fsp3) is 0.143. The molecule has 0 radical (unpaired) electrons. The van der Waals surface area contributed by atoms with E-state index in [-0.39, 0.29) is 0 Å². The van der Waals surface area contributed by atoms with E-state index in [1.54, 1.807) is 0 Å². The highest BCUT2D eigenvalue weighted by Crippen LogP contribution is 2.10. The Kier molecular flexibility index (Phi) is 2.77. The standard InChI is InChI=1S/C7H9ClOSi/c1-10(8)9-7-5-3-2-4-6-7/h2-6,10H,1H3. The van der Waals surface area contributed by atoms with E-state index in [4.69, 9.17) is 15.5 Å². The van der Waals surface area contributed by atoms with Gasteiger partial charge in [-0.2, -0.15) is 0 Å². The lowest BCUT2D eigenvalue weighted by atomic mass is 10.3. The van der Waals surface area contributed by atoms with Gasteiger partial charge in [-0.3, -0.25) is 0 Å². The van der Waals surface area contributed by atoms with Crippen molar-refractivity contribution in [1.82, 2.24) is 0 Å². The molecular weight excluding hydrogens is 164 g/mol. The molecule has 1 aromatic rings. The van der Waals surface area contributed by atoms with Gasteiger partial charge in [0, 0.05) is 0 Å². The highest BCUT2D eigenvalue weighted by atomic mass is 35.6. The van der Waals surface area contributed by atoms with E-state index in [0.29, 0.717) is 0 Å². The zero-order valence-corrected chi connectivity index (χ0v) is 7.66. The van der Waals surface area contributed by atoms with Crippen molar-refractivity contribution in [3.8, 4) is 5.75 Å². The molecule has 10 heavy (non-hydrogen) atoms. The molecule has 0 fully saturated rings. The van der Waals surface area contributed by atoms with Crippen LogP contribution in [-0.4, -0.2) is 8.35 Å². The molecular formula is C7H9ClOSi. The van der Waals surface area contributed by atoms with Gasteiger partial charge in [-0.05, 0) is 18.7 Å². The molecule has 1 nitrogen and oxygen atoms in total. The summed E-state index contributed by atoms with van der Waals surface area (Å²) in [4.78, 5) is 0. The van der Waals surface area contributed by atoms with Gasteiger partial charge in [0.05, 0.1) is 0 Å². The van der Waals surface area contributed by atoms with Gasteiger partial charge in [-0.25, -0.2) is 0 Å². The molecule has 1 unspecified atom stereocenters. The zero-order chi connectivity index (χ0) is 7.40. The number of para-hydroxylation sites is 1. The van der Waals surface area contributed by atoms with Gasteiger partial charge in [0.2, 0.25) is 0 Å².